The van der Waals surface area contributed by atoms with Gasteiger partial charge in [-0.1, -0.05) is 55.1 Å². The summed E-state index contributed by atoms with van der Waals surface area (Å²) < 4.78 is 11.5. The van der Waals surface area contributed by atoms with Gasteiger partial charge in [-0.3, -0.25) is 9.59 Å². The number of rotatable bonds is 7. The summed E-state index contributed by atoms with van der Waals surface area (Å²) in [5.74, 6) is -0.209. The Morgan fingerprint density at radius 2 is 1.92 bits per heavy atom. The van der Waals surface area contributed by atoms with E-state index in [1.54, 1.807) is 30.3 Å². The van der Waals surface area contributed by atoms with Crippen LogP contribution in [0.3, 0.4) is 0 Å². The number of hydrogen-bond acceptors (Lipinski definition) is 5. The zero-order chi connectivity index (χ0) is 25.2. The van der Waals surface area contributed by atoms with E-state index in [0.717, 1.165) is 16.9 Å². The third kappa shape index (κ3) is 4.38. The molecule has 3 aromatic carbocycles. The standard InChI is InChI=1S/C30H27NO5/c1-3-14-35-24-11-7-10-21(17-24)27-26(28(32)22-12-13-25-23(16-22)15-19(2)36-25)29(33)30(34)31(27)18-20-8-5-4-6-9-20/h3-13,16-17,19,27,32H,1,14-15,18H2,2H3/b28-26-. The lowest BCUT2D eigenvalue weighted by atomic mass is 9.94. The van der Waals surface area contributed by atoms with Crippen molar-refractivity contribution in [2.24, 2.45) is 0 Å². The average Bonchev–Trinajstić information content (AvgIpc) is 3.39. The highest BCUT2D eigenvalue weighted by molar-refractivity contribution is 6.46. The van der Waals surface area contributed by atoms with Gasteiger partial charge in [0.15, 0.2) is 0 Å². The number of likely N-dealkylation sites (tertiary alicyclic amines) is 1. The second kappa shape index (κ2) is 9.74. The molecule has 6 nitrogen and oxygen atoms in total. The van der Waals surface area contributed by atoms with Gasteiger partial charge in [0.1, 0.15) is 30.0 Å². The van der Waals surface area contributed by atoms with Gasteiger partial charge >= 0.3 is 0 Å². The van der Waals surface area contributed by atoms with E-state index in [2.05, 4.69) is 6.58 Å². The Balaban J connectivity index is 1.62. The van der Waals surface area contributed by atoms with Crippen LogP contribution in [0.4, 0.5) is 0 Å². The molecule has 3 aromatic rings. The summed E-state index contributed by atoms with van der Waals surface area (Å²) in [6.45, 7) is 6.21. The highest BCUT2D eigenvalue weighted by atomic mass is 16.5. The third-order valence-electron chi connectivity index (χ3n) is 6.45. The molecule has 2 atom stereocenters. The second-order valence-corrected chi connectivity index (χ2v) is 9.04. The number of ether oxygens (including phenoxy) is 2. The Morgan fingerprint density at radius 3 is 2.69 bits per heavy atom. The molecule has 2 aliphatic heterocycles. The molecule has 6 heteroatoms. The lowest BCUT2D eigenvalue weighted by molar-refractivity contribution is -0.140. The molecule has 1 fully saturated rings. The van der Waals surface area contributed by atoms with Crippen molar-refractivity contribution in [1.29, 1.82) is 0 Å². The van der Waals surface area contributed by atoms with Gasteiger partial charge in [0.2, 0.25) is 0 Å². The van der Waals surface area contributed by atoms with Gasteiger partial charge in [0.05, 0.1) is 11.6 Å². The Hall–Kier alpha value is -4.32. The molecule has 0 bridgehead atoms. The van der Waals surface area contributed by atoms with Crippen molar-refractivity contribution in [2.75, 3.05) is 6.61 Å². The van der Waals surface area contributed by atoms with Crippen LogP contribution in [0.15, 0.2) is 91.0 Å². The second-order valence-electron chi connectivity index (χ2n) is 9.04. The molecule has 0 aromatic heterocycles. The van der Waals surface area contributed by atoms with Crippen molar-refractivity contribution in [2.45, 2.75) is 32.0 Å². The third-order valence-corrected chi connectivity index (χ3v) is 6.45. The molecule has 1 N–H and O–H groups in total. The summed E-state index contributed by atoms with van der Waals surface area (Å²) >= 11 is 0. The maximum absolute atomic E-state index is 13.4. The van der Waals surface area contributed by atoms with Crippen LogP contribution in [0.5, 0.6) is 11.5 Å². The largest absolute Gasteiger partial charge is 0.507 e. The quantitative estimate of drug-likeness (QED) is 0.217. The lowest BCUT2D eigenvalue weighted by Gasteiger charge is -2.26. The normalized spacial score (nSPS) is 20.2. The topological polar surface area (TPSA) is 76.1 Å². The summed E-state index contributed by atoms with van der Waals surface area (Å²) in [4.78, 5) is 28.2. The van der Waals surface area contributed by atoms with Gasteiger partial charge in [-0.25, -0.2) is 0 Å². The maximum atomic E-state index is 13.4. The van der Waals surface area contributed by atoms with Crippen LogP contribution in [-0.2, 0) is 22.6 Å². The molecule has 1 saturated heterocycles. The summed E-state index contributed by atoms with van der Waals surface area (Å²) in [5, 5.41) is 11.4. The van der Waals surface area contributed by atoms with Crippen molar-refractivity contribution in [3.8, 4) is 11.5 Å². The van der Waals surface area contributed by atoms with Gasteiger partial charge in [0.25, 0.3) is 11.7 Å². The van der Waals surface area contributed by atoms with E-state index < -0.39 is 17.7 Å². The molecular weight excluding hydrogens is 454 g/mol. The van der Waals surface area contributed by atoms with Crippen LogP contribution in [0.1, 0.15) is 35.2 Å². The van der Waals surface area contributed by atoms with E-state index in [9.17, 15) is 14.7 Å². The smallest absolute Gasteiger partial charge is 0.295 e. The Kier molecular flexibility index (Phi) is 6.34. The molecule has 5 rings (SSSR count). The number of hydrogen-bond donors (Lipinski definition) is 1. The highest BCUT2D eigenvalue weighted by Crippen LogP contribution is 2.42. The summed E-state index contributed by atoms with van der Waals surface area (Å²) in [6, 6.07) is 21.3. The first-order chi connectivity index (χ1) is 17.5. The Morgan fingerprint density at radius 1 is 1.11 bits per heavy atom. The van der Waals surface area contributed by atoms with Crippen LogP contribution >= 0.6 is 0 Å². The Bertz CT molecular complexity index is 1360. The number of carbonyl (C=O) groups is 2. The van der Waals surface area contributed by atoms with Gasteiger partial charge in [-0.05, 0) is 53.9 Å². The summed E-state index contributed by atoms with van der Waals surface area (Å²) in [5.41, 5.74) is 3.05. The molecule has 0 spiro atoms. The number of benzene rings is 3. The van der Waals surface area contributed by atoms with Crippen LogP contribution < -0.4 is 9.47 Å². The molecular formula is C30H27NO5. The van der Waals surface area contributed by atoms with Crippen molar-refractivity contribution in [3.05, 3.63) is 113 Å². The monoisotopic (exact) mass is 481 g/mol. The van der Waals surface area contributed by atoms with Crippen molar-refractivity contribution in [1.82, 2.24) is 4.90 Å². The number of Topliss-reactive ketones (excluding diaryl/α,β-unsaturated/α-hetero) is 1. The first-order valence-corrected chi connectivity index (χ1v) is 11.9. The first kappa shape index (κ1) is 23.4. The molecule has 1 amide bonds. The zero-order valence-corrected chi connectivity index (χ0v) is 20.0. The maximum Gasteiger partial charge on any atom is 0.295 e. The van der Waals surface area contributed by atoms with E-state index in [-0.39, 0.29) is 24.0 Å². The van der Waals surface area contributed by atoms with Crippen molar-refractivity contribution < 1.29 is 24.2 Å². The van der Waals surface area contributed by atoms with Gasteiger partial charge in [0, 0.05) is 18.5 Å². The summed E-state index contributed by atoms with van der Waals surface area (Å²) in [6.07, 6.45) is 2.41. The summed E-state index contributed by atoms with van der Waals surface area (Å²) in [7, 11) is 0. The molecule has 36 heavy (non-hydrogen) atoms. The predicted molar refractivity (Wildman–Crippen MR) is 137 cm³/mol. The SMILES string of the molecule is C=CCOc1cccc(C2/C(=C(/O)c3ccc4c(c3)CC(C)O4)C(=O)C(=O)N2Cc2ccccc2)c1. The Labute approximate surface area is 210 Å². The lowest BCUT2D eigenvalue weighted by Crippen LogP contribution is -2.29. The molecule has 0 saturated carbocycles. The van der Waals surface area contributed by atoms with Crippen LogP contribution in [0.2, 0.25) is 0 Å². The number of amides is 1. The fraction of sp³-hybridized carbons (Fsp3) is 0.200. The first-order valence-electron chi connectivity index (χ1n) is 11.9. The van der Waals surface area contributed by atoms with Gasteiger partial charge < -0.3 is 19.5 Å². The molecule has 182 valence electrons. The van der Waals surface area contributed by atoms with Crippen LogP contribution in [-0.4, -0.2) is 34.4 Å². The number of fused-ring (bicyclic) bond motifs is 1. The van der Waals surface area contributed by atoms with Crippen LogP contribution in [0.25, 0.3) is 5.76 Å². The van der Waals surface area contributed by atoms with E-state index >= 15 is 0 Å². The zero-order valence-electron chi connectivity index (χ0n) is 20.0. The van der Waals surface area contributed by atoms with E-state index in [1.807, 2.05) is 55.5 Å². The van der Waals surface area contributed by atoms with E-state index in [0.29, 0.717) is 29.9 Å². The van der Waals surface area contributed by atoms with Crippen molar-refractivity contribution in [3.63, 3.8) is 0 Å². The van der Waals surface area contributed by atoms with E-state index in [4.69, 9.17) is 9.47 Å². The number of carbonyl (C=O) groups excluding carboxylic acids is 2. The molecule has 2 unspecified atom stereocenters. The van der Waals surface area contributed by atoms with Crippen LogP contribution in [0, 0.1) is 0 Å². The van der Waals surface area contributed by atoms with E-state index in [1.165, 1.54) is 4.90 Å². The minimum Gasteiger partial charge on any atom is -0.507 e. The molecule has 0 aliphatic carbocycles. The number of ketones is 1. The van der Waals surface area contributed by atoms with Gasteiger partial charge in [-0.15, -0.1) is 0 Å². The molecule has 0 radical (unpaired) electrons. The highest BCUT2D eigenvalue weighted by Gasteiger charge is 2.46. The average molecular weight is 482 g/mol. The minimum atomic E-state index is -0.777. The number of aliphatic hydroxyl groups is 1. The fourth-order valence-electron chi connectivity index (χ4n) is 4.82. The predicted octanol–water partition coefficient (Wildman–Crippen LogP) is 5.20. The van der Waals surface area contributed by atoms with Crippen molar-refractivity contribution >= 4 is 17.4 Å². The number of aliphatic hydroxyl groups excluding tert-OH is 1. The fourth-order valence-corrected chi connectivity index (χ4v) is 4.82. The molecule has 2 aliphatic rings. The van der Waals surface area contributed by atoms with Gasteiger partial charge in [-0.2, -0.15) is 0 Å². The molecule has 2 heterocycles. The minimum absolute atomic E-state index is 0.0483. The number of nitrogens with zero attached hydrogens (tertiary/aromatic N) is 1.